The molecule has 0 amide bonds. The maximum Gasteiger partial charge on any atom is 0.268 e. The molecule has 9 heteroatoms. The highest BCUT2D eigenvalue weighted by atomic mass is 19.1. The maximum absolute atomic E-state index is 14.6. The van der Waals surface area contributed by atoms with Crippen molar-refractivity contribution in [3.8, 4) is 5.69 Å². The molecule has 31 heavy (non-hydrogen) atoms. The fourth-order valence-electron chi connectivity index (χ4n) is 3.86. The summed E-state index contributed by atoms with van der Waals surface area (Å²) < 4.78 is 16.1. The van der Waals surface area contributed by atoms with Crippen LogP contribution in [0.2, 0.25) is 0 Å². The van der Waals surface area contributed by atoms with E-state index in [2.05, 4.69) is 25.3 Å². The van der Waals surface area contributed by atoms with Gasteiger partial charge in [0.15, 0.2) is 11.5 Å². The van der Waals surface area contributed by atoms with Crippen LogP contribution >= 0.6 is 0 Å². The third kappa shape index (κ3) is 3.27. The molecule has 3 heterocycles. The molecule has 1 aliphatic carbocycles. The van der Waals surface area contributed by atoms with Crippen molar-refractivity contribution in [1.82, 2.24) is 29.5 Å². The van der Waals surface area contributed by atoms with Gasteiger partial charge in [-0.3, -0.25) is 9.36 Å². The minimum Gasteiger partial charge on any atom is -0.358 e. The summed E-state index contributed by atoms with van der Waals surface area (Å²) in [5.41, 5.74) is 1.42. The first-order valence-corrected chi connectivity index (χ1v) is 10.1. The topological polar surface area (TPSA) is 101 Å². The molecule has 0 aliphatic heterocycles. The summed E-state index contributed by atoms with van der Waals surface area (Å²) in [6.07, 6.45) is 6.16. The first-order valence-electron chi connectivity index (χ1n) is 10.1. The van der Waals surface area contributed by atoms with E-state index in [1.807, 2.05) is 43.3 Å². The number of imidazole rings is 1. The van der Waals surface area contributed by atoms with Crippen LogP contribution in [0.5, 0.6) is 0 Å². The molecule has 8 nitrogen and oxygen atoms in total. The number of halogens is 1. The van der Waals surface area contributed by atoms with E-state index in [1.54, 1.807) is 6.33 Å². The standard InChI is InChI=1S/C22H20FN7O/c1-2-15(28-20-18-19(25-11-24-18)26-12-27-20)21-29-16-10-6-9-14(23)17(16)22(31)30(21)13-7-4-3-5-8-13/h3-5,7-8,10-12,15H,2,6,9H2,1H3,(H2,24,25,26,27,28)/t15-/m0/s1. The van der Waals surface area contributed by atoms with Crippen molar-refractivity contribution in [2.45, 2.75) is 32.2 Å². The van der Waals surface area contributed by atoms with Gasteiger partial charge in [-0.15, -0.1) is 0 Å². The molecule has 1 atom stereocenters. The van der Waals surface area contributed by atoms with Crippen LogP contribution in [0.15, 0.2) is 47.8 Å². The SMILES string of the molecule is CC[C@H](Nc1ncnc2[nH]cnc12)c1nc2c(c(=O)n1-c1ccccc1)=C(F)CCC=2. The Labute approximate surface area is 176 Å². The number of hydrogen-bond donors (Lipinski definition) is 2. The lowest BCUT2D eigenvalue weighted by atomic mass is 10.1. The minimum atomic E-state index is -0.415. The van der Waals surface area contributed by atoms with E-state index in [4.69, 9.17) is 4.98 Å². The van der Waals surface area contributed by atoms with E-state index in [9.17, 15) is 9.18 Å². The van der Waals surface area contributed by atoms with E-state index >= 15 is 0 Å². The van der Waals surface area contributed by atoms with Crippen LogP contribution in [0.4, 0.5) is 10.2 Å². The summed E-state index contributed by atoms with van der Waals surface area (Å²) in [7, 11) is 0. The van der Waals surface area contributed by atoms with Crippen LogP contribution in [0.25, 0.3) is 28.8 Å². The van der Waals surface area contributed by atoms with Gasteiger partial charge in [0.05, 0.1) is 28.6 Å². The Balaban J connectivity index is 1.74. The molecule has 1 aromatic carbocycles. The first-order chi connectivity index (χ1) is 15.2. The van der Waals surface area contributed by atoms with E-state index in [-0.39, 0.29) is 17.7 Å². The fourth-order valence-corrected chi connectivity index (χ4v) is 3.86. The second-order valence-electron chi connectivity index (χ2n) is 7.28. The van der Waals surface area contributed by atoms with Crippen LogP contribution in [0, 0.1) is 0 Å². The third-order valence-corrected chi connectivity index (χ3v) is 5.37. The highest BCUT2D eigenvalue weighted by Gasteiger charge is 2.22. The largest absolute Gasteiger partial charge is 0.358 e. The van der Waals surface area contributed by atoms with Gasteiger partial charge >= 0.3 is 0 Å². The number of aromatic amines is 1. The van der Waals surface area contributed by atoms with Gasteiger partial charge in [0, 0.05) is 6.42 Å². The summed E-state index contributed by atoms with van der Waals surface area (Å²) in [4.78, 5) is 33.9. The van der Waals surface area contributed by atoms with Crippen molar-refractivity contribution >= 4 is 28.9 Å². The van der Waals surface area contributed by atoms with Crippen LogP contribution in [0.3, 0.4) is 0 Å². The van der Waals surface area contributed by atoms with Gasteiger partial charge in [-0.05, 0) is 25.0 Å². The predicted octanol–water partition coefficient (Wildman–Crippen LogP) is 2.11. The molecule has 0 fully saturated rings. The monoisotopic (exact) mass is 417 g/mol. The van der Waals surface area contributed by atoms with Crippen molar-refractivity contribution in [1.29, 1.82) is 0 Å². The molecule has 0 bridgehead atoms. The zero-order valence-electron chi connectivity index (χ0n) is 16.8. The summed E-state index contributed by atoms with van der Waals surface area (Å²) in [6.45, 7) is 1.98. The summed E-state index contributed by atoms with van der Waals surface area (Å²) >= 11 is 0. The molecule has 0 spiro atoms. The summed E-state index contributed by atoms with van der Waals surface area (Å²) in [6, 6.07) is 8.79. The number of para-hydroxylation sites is 1. The second kappa shape index (κ2) is 7.75. The highest BCUT2D eigenvalue weighted by molar-refractivity contribution is 5.82. The molecule has 0 unspecified atom stereocenters. The van der Waals surface area contributed by atoms with Crippen molar-refractivity contribution in [3.63, 3.8) is 0 Å². The fraction of sp³-hybridized carbons (Fsp3) is 0.227. The average Bonchev–Trinajstić information content (AvgIpc) is 3.27. The van der Waals surface area contributed by atoms with E-state index < -0.39 is 11.4 Å². The number of H-pyrrole nitrogens is 1. The van der Waals surface area contributed by atoms with Crippen LogP contribution in [0.1, 0.15) is 38.1 Å². The van der Waals surface area contributed by atoms with Crippen molar-refractivity contribution in [2.24, 2.45) is 0 Å². The number of anilines is 1. The summed E-state index contributed by atoms with van der Waals surface area (Å²) in [5, 5.41) is 3.80. The Hall–Kier alpha value is -3.88. The molecular weight excluding hydrogens is 397 g/mol. The van der Waals surface area contributed by atoms with Gasteiger partial charge in [0.1, 0.15) is 23.5 Å². The predicted molar refractivity (Wildman–Crippen MR) is 116 cm³/mol. The van der Waals surface area contributed by atoms with Gasteiger partial charge in [-0.1, -0.05) is 31.2 Å². The quantitative estimate of drug-likeness (QED) is 0.516. The minimum absolute atomic E-state index is 0.0467. The lowest BCUT2D eigenvalue weighted by Crippen LogP contribution is -2.50. The second-order valence-corrected chi connectivity index (χ2v) is 7.28. The van der Waals surface area contributed by atoms with Gasteiger partial charge < -0.3 is 10.3 Å². The number of nitrogens with one attached hydrogen (secondary N) is 2. The smallest absolute Gasteiger partial charge is 0.268 e. The molecule has 1 aliphatic rings. The number of rotatable bonds is 5. The average molecular weight is 417 g/mol. The number of aromatic nitrogens is 6. The number of fused-ring (bicyclic) bond motifs is 2. The molecule has 3 aromatic heterocycles. The zero-order chi connectivity index (χ0) is 21.4. The molecule has 0 saturated carbocycles. The normalized spacial score (nSPS) is 14.2. The Kier molecular flexibility index (Phi) is 4.78. The number of benzene rings is 1. The van der Waals surface area contributed by atoms with Gasteiger partial charge in [-0.2, -0.15) is 0 Å². The van der Waals surface area contributed by atoms with E-state index in [1.165, 1.54) is 10.9 Å². The van der Waals surface area contributed by atoms with E-state index in [0.29, 0.717) is 46.7 Å². The van der Waals surface area contributed by atoms with Crippen LogP contribution in [-0.2, 0) is 0 Å². The highest BCUT2D eigenvalue weighted by Crippen LogP contribution is 2.24. The summed E-state index contributed by atoms with van der Waals surface area (Å²) in [5.74, 6) is 0.610. The lowest BCUT2D eigenvalue weighted by molar-refractivity contribution is 0.633. The maximum atomic E-state index is 14.6. The lowest BCUT2D eigenvalue weighted by Gasteiger charge is -2.22. The number of hydrogen-bond acceptors (Lipinski definition) is 6. The zero-order valence-corrected chi connectivity index (χ0v) is 16.8. The molecular formula is C22H20FN7O. The molecule has 0 saturated heterocycles. The molecule has 4 aromatic rings. The molecule has 156 valence electrons. The Morgan fingerprint density at radius 2 is 2.06 bits per heavy atom. The molecule has 0 radical (unpaired) electrons. The van der Waals surface area contributed by atoms with Crippen LogP contribution < -0.4 is 21.4 Å². The van der Waals surface area contributed by atoms with Crippen LogP contribution in [-0.4, -0.2) is 29.5 Å². The van der Waals surface area contributed by atoms with Gasteiger partial charge in [0.25, 0.3) is 5.56 Å². The molecule has 5 rings (SSSR count). The Bertz CT molecular complexity index is 1440. The molecule has 2 N–H and O–H groups in total. The van der Waals surface area contributed by atoms with E-state index in [0.717, 1.165) is 0 Å². The van der Waals surface area contributed by atoms with Crippen molar-refractivity contribution in [2.75, 3.05) is 5.32 Å². The van der Waals surface area contributed by atoms with Gasteiger partial charge in [-0.25, -0.2) is 24.3 Å². The Morgan fingerprint density at radius 1 is 1.23 bits per heavy atom. The Morgan fingerprint density at radius 3 is 2.87 bits per heavy atom. The first kappa shape index (κ1) is 19.1. The van der Waals surface area contributed by atoms with Gasteiger partial charge in [0.2, 0.25) is 0 Å². The van der Waals surface area contributed by atoms with Crippen molar-refractivity contribution < 1.29 is 4.39 Å². The van der Waals surface area contributed by atoms with Crippen molar-refractivity contribution in [3.05, 3.63) is 69.7 Å². The number of nitrogens with zero attached hydrogens (tertiary/aromatic N) is 5. The third-order valence-electron chi connectivity index (χ3n) is 5.37.